The number of nitrogens with one attached hydrogen (secondary N) is 1. The van der Waals surface area contributed by atoms with Gasteiger partial charge in [0, 0.05) is 22.9 Å². The van der Waals surface area contributed by atoms with Crippen molar-refractivity contribution in [2.45, 2.75) is 13.5 Å². The number of aryl methyl sites for hydroxylation is 1. The minimum absolute atomic E-state index is 0.00713. The second-order valence-corrected chi connectivity index (χ2v) is 6.59. The number of aromatic hydroxyl groups is 2. The molecule has 1 aliphatic rings. The molecule has 0 unspecified atom stereocenters. The van der Waals surface area contributed by atoms with E-state index >= 15 is 0 Å². The summed E-state index contributed by atoms with van der Waals surface area (Å²) in [6.45, 7) is 1.52. The molecule has 1 aromatic heterocycles. The van der Waals surface area contributed by atoms with Gasteiger partial charge in [0.1, 0.15) is 11.5 Å². The van der Waals surface area contributed by atoms with Crippen molar-refractivity contribution in [1.82, 2.24) is 9.55 Å². The first kappa shape index (κ1) is 17.5. The molecule has 1 heterocycles. The van der Waals surface area contributed by atoms with Crippen LogP contribution < -0.4 is 11.2 Å². The number of hydrogen-bond donors (Lipinski definition) is 3. The molecule has 3 aromatic rings. The maximum Gasteiger partial charge on any atom is 0.328 e. The highest BCUT2D eigenvalue weighted by Crippen LogP contribution is 2.37. The summed E-state index contributed by atoms with van der Waals surface area (Å²) in [4.78, 5) is 51.2. The number of carbonyl (C=O) groups excluding carboxylic acids is 2. The maximum absolute atomic E-state index is 12.8. The fourth-order valence-electron chi connectivity index (χ4n) is 3.36. The Morgan fingerprint density at radius 2 is 1.64 bits per heavy atom. The van der Waals surface area contributed by atoms with Crippen LogP contribution in [0.2, 0.25) is 0 Å². The lowest BCUT2D eigenvalue weighted by Crippen LogP contribution is -2.31. The molecule has 8 nitrogen and oxygen atoms in total. The van der Waals surface area contributed by atoms with E-state index in [0.717, 1.165) is 0 Å². The highest BCUT2D eigenvalue weighted by molar-refractivity contribution is 6.30. The van der Waals surface area contributed by atoms with Crippen molar-refractivity contribution < 1.29 is 19.8 Å². The number of hydrogen-bond acceptors (Lipinski definition) is 6. The van der Waals surface area contributed by atoms with Crippen LogP contribution in [-0.2, 0) is 6.54 Å². The number of rotatable bonds is 2. The quantitative estimate of drug-likeness (QED) is 0.479. The van der Waals surface area contributed by atoms with Crippen molar-refractivity contribution in [3.63, 3.8) is 0 Å². The molecule has 0 amide bonds. The van der Waals surface area contributed by atoms with Crippen LogP contribution in [0.1, 0.15) is 43.0 Å². The van der Waals surface area contributed by atoms with Crippen molar-refractivity contribution in [1.29, 1.82) is 0 Å². The molecule has 0 saturated carbocycles. The molecule has 28 heavy (non-hydrogen) atoms. The summed E-state index contributed by atoms with van der Waals surface area (Å²) in [5.74, 6) is -1.92. The molecular formula is C20H14N2O6. The monoisotopic (exact) mass is 378 g/mol. The first-order valence-electron chi connectivity index (χ1n) is 8.35. The molecule has 0 atom stereocenters. The molecule has 0 radical (unpaired) electrons. The number of fused-ring (bicyclic) bond motifs is 2. The lowest BCUT2D eigenvalue weighted by atomic mass is 9.82. The second-order valence-electron chi connectivity index (χ2n) is 6.59. The Morgan fingerprint density at radius 3 is 2.39 bits per heavy atom. The third-order valence-electron chi connectivity index (χ3n) is 4.71. The summed E-state index contributed by atoms with van der Waals surface area (Å²) in [5.41, 5.74) is -0.689. The zero-order chi connectivity index (χ0) is 20.2. The third-order valence-corrected chi connectivity index (χ3v) is 4.71. The molecule has 0 saturated heterocycles. The standard InChI is InChI=1S/C20H14N2O6/c1-9-7-22(20(28)21-19(9)27)8-10-5-12-16(14(24)6-10)18(26)15-11(17(12)25)3-2-4-13(15)23/h2-7,23-24H,8H2,1H3,(H,21,27,28). The van der Waals surface area contributed by atoms with Gasteiger partial charge in [-0.1, -0.05) is 12.1 Å². The van der Waals surface area contributed by atoms with Gasteiger partial charge >= 0.3 is 5.69 Å². The van der Waals surface area contributed by atoms with Gasteiger partial charge < -0.3 is 10.2 Å². The lowest BCUT2D eigenvalue weighted by Gasteiger charge is -2.20. The first-order valence-corrected chi connectivity index (χ1v) is 8.35. The minimum atomic E-state index is -0.649. The van der Waals surface area contributed by atoms with Gasteiger partial charge in [-0.15, -0.1) is 0 Å². The lowest BCUT2D eigenvalue weighted by molar-refractivity contribution is 0.0974. The molecule has 0 spiro atoms. The Balaban J connectivity index is 1.85. The van der Waals surface area contributed by atoms with Gasteiger partial charge in [0.05, 0.1) is 17.7 Å². The van der Waals surface area contributed by atoms with Crippen LogP contribution >= 0.6 is 0 Å². The number of phenols is 2. The number of phenolic OH excluding ortho intramolecular Hbond substituents is 2. The highest BCUT2D eigenvalue weighted by atomic mass is 16.3. The van der Waals surface area contributed by atoms with E-state index in [4.69, 9.17) is 0 Å². The SMILES string of the molecule is Cc1cn(Cc2cc(O)c3c(c2)C(=O)c2cccc(O)c2C3=O)c(=O)[nH]c1=O. The summed E-state index contributed by atoms with van der Waals surface area (Å²) >= 11 is 0. The zero-order valence-corrected chi connectivity index (χ0v) is 14.6. The van der Waals surface area contributed by atoms with Crippen LogP contribution in [0.5, 0.6) is 11.5 Å². The second kappa shape index (κ2) is 6.05. The largest absolute Gasteiger partial charge is 0.507 e. The maximum atomic E-state index is 12.8. The highest BCUT2D eigenvalue weighted by Gasteiger charge is 2.34. The summed E-state index contributed by atoms with van der Waals surface area (Å²) in [5, 5.41) is 20.4. The van der Waals surface area contributed by atoms with Gasteiger partial charge in [0.25, 0.3) is 5.56 Å². The Bertz CT molecular complexity index is 1300. The molecule has 8 heteroatoms. The van der Waals surface area contributed by atoms with E-state index in [1.807, 2.05) is 0 Å². The van der Waals surface area contributed by atoms with Crippen LogP contribution in [0, 0.1) is 6.92 Å². The number of aromatic nitrogens is 2. The summed E-state index contributed by atoms with van der Waals surface area (Å²) < 4.78 is 1.23. The van der Waals surface area contributed by atoms with Crippen LogP contribution in [0.25, 0.3) is 0 Å². The number of H-pyrrole nitrogens is 1. The molecular weight excluding hydrogens is 364 g/mol. The summed E-state index contributed by atoms with van der Waals surface area (Å²) in [6, 6.07) is 6.89. The number of benzene rings is 2. The normalized spacial score (nSPS) is 12.6. The van der Waals surface area contributed by atoms with E-state index in [1.54, 1.807) is 6.92 Å². The van der Waals surface area contributed by atoms with Gasteiger partial charge in [-0.2, -0.15) is 0 Å². The molecule has 3 N–H and O–H groups in total. The van der Waals surface area contributed by atoms with Crippen molar-refractivity contribution in [2.75, 3.05) is 0 Å². The van der Waals surface area contributed by atoms with E-state index in [-0.39, 0.29) is 34.5 Å². The Kier molecular flexibility index (Phi) is 3.78. The average Bonchev–Trinajstić information content (AvgIpc) is 2.63. The molecule has 140 valence electrons. The Labute approximate surface area is 157 Å². The summed E-state index contributed by atoms with van der Waals surface area (Å²) in [6.07, 6.45) is 1.37. The van der Waals surface area contributed by atoms with E-state index in [0.29, 0.717) is 11.1 Å². The number of aromatic amines is 1. The first-order chi connectivity index (χ1) is 13.3. The number of nitrogens with zero attached hydrogens (tertiary/aromatic N) is 1. The van der Waals surface area contributed by atoms with Gasteiger partial charge in [0.2, 0.25) is 5.78 Å². The van der Waals surface area contributed by atoms with Crippen LogP contribution in [0.3, 0.4) is 0 Å². The van der Waals surface area contributed by atoms with Gasteiger partial charge in [0.15, 0.2) is 5.78 Å². The van der Waals surface area contributed by atoms with E-state index in [2.05, 4.69) is 4.98 Å². The molecule has 0 fully saturated rings. The van der Waals surface area contributed by atoms with Crippen LogP contribution in [0.15, 0.2) is 46.1 Å². The zero-order valence-electron chi connectivity index (χ0n) is 14.6. The van der Waals surface area contributed by atoms with E-state index < -0.39 is 28.6 Å². The van der Waals surface area contributed by atoms with Crippen LogP contribution in [0.4, 0.5) is 0 Å². The Morgan fingerprint density at radius 1 is 0.929 bits per heavy atom. The fraction of sp³-hybridized carbons (Fsp3) is 0.100. The fourth-order valence-corrected chi connectivity index (χ4v) is 3.36. The smallest absolute Gasteiger partial charge is 0.328 e. The molecule has 0 bridgehead atoms. The van der Waals surface area contributed by atoms with E-state index in [9.17, 15) is 29.4 Å². The summed E-state index contributed by atoms with van der Waals surface area (Å²) in [7, 11) is 0. The van der Waals surface area contributed by atoms with Crippen molar-refractivity contribution in [3.8, 4) is 11.5 Å². The molecule has 4 rings (SSSR count). The van der Waals surface area contributed by atoms with Gasteiger partial charge in [-0.05, 0) is 30.7 Å². The van der Waals surface area contributed by atoms with Gasteiger partial charge in [-0.3, -0.25) is 23.9 Å². The third kappa shape index (κ3) is 2.54. The molecule has 2 aromatic carbocycles. The predicted octanol–water partition coefficient (Wildman–Crippen LogP) is 1.08. The van der Waals surface area contributed by atoms with Gasteiger partial charge in [-0.25, -0.2) is 4.79 Å². The van der Waals surface area contributed by atoms with E-state index in [1.165, 1.54) is 41.1 Å². The Hall–Kier alpha value is -3.94. The van der Waals surface area contributed by atoms with Crippen molar-refractivity contribution >= 4 is 11.6 Å². The minimum Gasteiger partial charge on any atom is -0.507 e. The molecule has 1 aliphatic carbocycles. The van der Waals surface area contributed by atoms with Crippen molar-refractivity contribution in [3.05, 3.63) is 90.7 Å². The average molecular weight is 378 g/mol. The number of ketones is 2. The topological polar surface area (TPSA) is 129 Å². The number of carbonyl (C=O) groups is 2. The predicted molar refractivity (Wildman–Crippen MR) is 98.2 cm³/mol. The van der Waals surface area contributed by atoms with Crippen molar-refractivity contribution in [2.24, 2.45) is 0 Å². The van der Waals surface area contributed by atoms with Crippen LogP contribution in [-0.4, -0.2) is 31.3 Å². The molecule has 0 aliphatic heterocycles.